The number of rotatable bonds is 8. The Balaban J connectivity index is 2.35. The number of nitrogens with zero attached hydrogens (tertiary/aromatic N) is 1. The molecule has 2 rings (SSSR count). The molecule has 0 aromatic heterocycles. The molecule has 0 saturated carbocycles. The molecule has 1 aliphatic rings. The Labute approximate surface area is 154 Å². The Morgan fingerprint density at radius 2 is 2.04 bits per heavy atom. The molecule has 25 heavy (non-hydrogen) atoms. The average molecular weight is 365 g/mol. The van der Waals surface area contributed by atoms with Crippen LogP contribution in [-0.4, -0.2) is 56.3 Å². The van der Waals surface area contributed by atoms with Crippen LogP contribution >= 0.6 is 11.8 Å². The van der Waals surface area contributed by atoms with Crippen LogP contribution in [-0.2, 0) is 16.0 Å². The van der Waals surface area contributed by atoms with Crippen molar-refractivity contribution in [1.82, 2.24) is 4.90 Å². The van der Waals surface area contributed by atoms with Crippen LogP contribution in [0.5, 0.6) is 5.75 Å². The summed E-state index contributed by atoms with van der Waals surface area (Å²) in [6.45, 7) is 5.14. The van der Waals surface area contributed by atoms with Crippen molar-refractivity contribution in [3.63, 3.8) is 0 Å². The maximum absolute atomic E-state index is 13.1. The summed E-state index contributed by atoms with van der Waals surface area (Å²) < 4.78 is 10.6. The minimum absolute atomic E-state index is 0.0716. The first-order valence-electron chi connectivity index (χ1n) is 8.64. The number of carbonyl (C=O) groups excluding carboxylic acids is 2. The van der Waals surface area contributed by atoms with Gasteiger partial charge in [0, 0.05) is 17.4 Å². The third-order valence-electron chi connectivity index (χ3n) is 4.32. The van der Waals surface area contributed by atoms with E-state index in [1.54, 1.807) is 0 Å². The van der Waals surface area contributed by atoms with Gasteiger partial charge in [-0.2, -0.15) is 0 Å². The van der Waals surface area contributed by atoms with E-state index >= 15 is 0 Å². The number of esters is 1. The van der Waals surface area contributed by atoms with Gasteiger partial charge < -0.3 is 14.4 Å². The number of Topliss-reactive ketones (excluding diaryl/α,β-unsaturated/α-hetero) is 1. The van der Waals surface area contributed by atoms with Crippen LogP contribution in [0.3, 0.4) is 0 Å². The Morgan fingerprint density at radius 1 is 1.32 bits per heavy atom. The number of hydrogen-bond acceptors (Lipinski definition) is 6. The fraction of sp³-hybridized carbons (Fsp3) is 0.579. The topological polar surface area (TPSA) is 55.8 Å². The number of methoxy groups -OCH3 is 1. The molecule has 138 valence electrons. The van der Waals surface area contributed by atoms with Crippen LogP contribution in [0, 0.1) is 5.92 Å². The van der Waals surface area contributed by atoms with Gasteiger partial charge >= 0.3 is 5.97 Å². The van der Waals surface area contributed by atoms with Crippen molar-refractivity contribution in [2.24, 2.45) is 5.92 Å². The summed E-state index contributed by atoms with van der Waals surface area (Å²) in [5, 5.41) is -0.247. The van der Waals surface area contributed by atoms with Gasteiger partial charge in [0.2, 0.25) is 0 Å². The molecule has 6 heteroatoms. The number of thioether (sulfide) groups is 1. The number of benzene rings is 1. The Morgan fingerprint density at radius 3 is 2.60 bits per heavy atom. The maximum Gasteiger partial charge on any atom is 0.319 e. The van der Waals surface area contributed by atoms with Crippen LogP contribution < -0.4 is 4.74 Å². The van der Waals surface area contributed by atoms with Gasteiger partial charge in [-0.3, -0.25) is 9.59 Å². The highest BCUT2D eigenvalue weighted by Gasteiger charge is 2.32. The third-order valence-corrected chi connectivity index (χ3v) is 5.59. The molecular formula is C19H27NO4S. The second kappa shape index (κ2) is 8.72. The summed E-state index contributed by atoms with van der Waals surface area (Å²) in [6, 6.07) is 3.82. The highest BCUT2D eigenvalue weighted by atomic mass is 32.2. The molecule has 0 spiro atoms. The molecule has 1 aromatic rings. The fourth-order valence-corrected chi connectivity index (χ4v) is 4.29. The van der Waals surface area contributed by atoms with Gasteiger partial charge in [0.1, 0.15) is 11.0 Å². The fourth-order valence-electron chi connectivity index (χ4n) is 3.06. The second-order valence-electron chi connectivity index (χ2n) is 6.45. The Hall–Kier alpha value is -1.53. The summed E-state index contributed by atoms with van der Waals surface area (Å²) in [4.78, 5) is 27.9. The predicted octanol–water partition coefficient (Wildman–Crippen LogP) is 3.05. The summed E-state index contributed by atoms with van der Waals surface area (Å²) in [5.74, 6) is 0.416. The first kappa shape index (κ1) is 19.8. The second-order valence-corrected chi connectivity index (χ2v) is 7.70. The predicted molar refractivity (Wildman–Crippen MR) is 99.6 cm³/mol. The lowest BCUT2D eigenvalue weighted by Gasteiger charge is -2.20. The minimum atomic E-state index is -0.247. The molecule has 1 aliphatic heterocycles. The molecule has 1 aromatic carbocycles. The van der Waals surface area contributed by atoms with Crippen LogP contribution in [0.1, 0.15) is 36.2 Å². The minimum Gasteiger partial charge on any atom is -0.493 e. The van der Waals surface area contributed by atoms with E-state index in [2.05, 4.69) is 0 Å². The molecule has 2 unspecified atom stereocenters. The molecule has 0 N–H and O–H groups in total. The Kier molecular flexibility index (Phi) is 6.90. The van der Waals surface area contributed by atoms with Gasteiger partial charge in [0.15, 0.2) is 5.78 Å². The van der Waals surface area contributed by atoms with Crippen molar-refractivity contribution >= 4 is 23.5 Å². The molecule has 1 heterocycles. The van der Waals surface area contributed by atoms with E-state index in [1.807, 2.05) is 45.0 Å². The quantitative estimate of drug-likeness (QED) is 0.521. The van der Waals surface area contributed by atoms with E-state index < -0.39 is 0 Å². The number of ketones is 1. The number of hydrogen-bond donors (Lipinski definition) is 0. The number of ether oxygens (including phenoxy) is 2. The lowest BCUT2D eigenvalue weighted by molar-refractivity contribution is -0.139. The highest BCUT2D eigenvalue weighted by Crippen LogP contribution is 2.41. The van der Waals surface area contributed by atoms with Gasteiger partial charge in [-0.15, -0.1) is 11.8 Å². The van der Waals surface area contributed by atoms with Gasteiger partial charge in [0.25, 0.3) is 0 Å². The lowest BCUT2D eigenvalue weighted by Crippen LogP contribution is -2.28. The zero-order valence-electron chi connectivity index (χ0n) is 15.6. The zero-order chi connectivity index (χ0) is 18.6. The number of fused-ring (bicyclic) bond motifs is 1. The van der Waals surface area contributed by atoms with Crippen LogP contribution in [0.25, 0.3) is 0 Å². The average Bonchev–Trinajstić information content (AvgIpc) is 3.00. The van der Waals surface area contributed by atoms with Crippen molar-refractivity contribution in [3.05, 3.63) is 23.3 Å². The van der Waals surface area contributed by atoms with E-state index in [1.165, 1.54) is 18.9 Å². The molecule has 0 bridgehead atoms. The zero-order valence-corrected chi connectivity index (χ0v) is 16.4. The summed E-state index contributed by atoms with van der Waals surface area (Å²) in [7, 11) is 5.35. The third kappa shape index (κ3) is 4.55. The van der Waals surface area contributed by atoms with E-state index in [4.69, 9.17) is 9.47 Å². The van der Waals surface area contributed by atoms with E-state index in [9.17, 15) is 9.59 Å². The smallest absolute Gasteiger partial charge is 0.319 e. The maximum atomic E-state index is 13.1. The summed E-state index contributed by atoms with van der Waals surface area (Å²) in [5.41, 5.74) is 1.65. The van der Waals surface area contributed by atoms with Crippen molar-refractivity contribution in [2.75, 3.05) is 34.4 Å². The van der Waals surface area contributed by atoms with E-state index in [-0.39, 0.29) is 22.9 Å². The van der Waals surface area contributed by atoms with E-state index in [0.717, 1.165) is 16.9 Å². The first-order chi connectivity index (χ1) is 11.9. The lowest BCUT2D eigenvalue weighted by atomic mass is 9.92. The first-order valence-corrected chi connectivity index (χ1v) is 9.52. The van der Waals surface area contributed by atoms with Crippen LogP contribution in [0.15, 0.2) is 17.0 Å². The van der Waals surface area contributed by atoms with Crippen LogP contribution in [0.4, 0.5) is 0 Å². The highest BCUT2D eigenvalue weighted by molar-refractivity contribution is 8.01. The van der Waals surface area contributed by atoms with Gasteiger partial charge in [-0.25, -0.2) is 0 Å². The molecule has 5 nitrogen and oxygen atoms in total. The van der Waals surface area contributed by atoms with Gasteiger partial charge in [-0.05, 0) is 51.6 Å². The van der Waals surface area contributed by atoms with Crippen molar-refractivity contribution < 1.29 is 19.1 Å². The monoisotopic (exact) mass is 365 g/mol. The molecule has 0 saturated heterocycles. The summed E-state index contributed by atoms with van der Waals surface area (Å²) >= 11 is 1.48. The summed E-state index contributed by atoms with van der Waals surface area (Å²) in [6.07, 6.45) is 1.36. The van der Waals surface area contributed by atoms with Gasteiger partial charge in [0.05, 0.1) is 19.3 Å². The normalized spacial score (nSPS) is 17.3. The van der Waals surface area contributed by atoms with Crippen LogP contribution in [0.2, 0.25) is 0 Å². The molecule has 0 amide bonds. The molecule has 0 aliphatic carbocycles. The molecule has 2 atom stereocenters. The van der Waals surface area contributed by atoms with E-state index in [0.29, 0.717) is 30.9 Å². The van der Waals surface area contributed by atoms with Crippen molar-refractivity contribution in [3.8, 4) is 5.75 Å². The van der Waals surface area contributed by atoms with Crippen molar-refractivity contribution in [1.29, 1.82) is 0 Å². The molecule has 0 fully saturated rings. The van der Waals surface area contributed by atoms with Gasteiger partial charge in [-0.1, -0.05) is 6.92 Å². The SMILES string of the molecule is CCOc1cc2c(cc1C(=O)C(CC)CN(C)C)CC(C(=O)OC)S2. The van der Waals surface area contributed by atoms with Crippen molar-refractivity contribution in [2.45, 2.75) is 36.8 Å². The molecule has 0 radical (unpaired) electrons. The standard InChI is InChI=1S/C19H27NO4S/c1-6-12(11-20(3)4)18(21)14-8-13-9-17(19(22)23-5)25-16(13)10-15(14)24-7-2/h8,10,12,17H,6-7,9,11H2,1-5H3. The molecular weight excluding hydrogens is 338 g/mol. The Bertz CT molecular complexity index is 645. The largest absolute Gasteiger partial charge is 0.493 e. The number of carbonyl (C=O) groups is 2.